The molecule has 2 aliphatic heterocycles. The van der Waals surface area contributed by atoms with Crippen LogP contribution in [0.25, 0.3) is 5.69 Å². The number of amides is 3. The summed E-state index contributed by atoms with van der Waals surface area (Å²) in [7, 11) is 0. The van der Waals surface area contributed by atoms with Crippen LogP contribution in [0.4, 0.5) is 5.82 Å². The van der Waals surface area contributed by atoms with Gasteiger partial charge in [0, 0.05) is 19.2 Å². The van der Waals surface area contributed by atoms with E-state index in [1.807, 2.05) is 0 Å². The normalized spacial score (nSPS) is 15.9. The van der Waals surface area contributed by atoms with E-state index in [4.69, 9.17) is 5.73 Å². The molecule has 0 radical (unpaired) electrons. The molecular formula is C18H16N4O4. The topological polar surface area (TPSA) is 114 Å². The average Bonchev–Trinajstić information content (AvgIpc) is 3.24. The minimum Gasteiger partial charge on any atom is -0.384 e. The van der Waals surface area contributed by atoms with E-state index in [0.717, 1.165) is 23.5 Å². The molecule has 0 spiro atoms. The summed E-state index contributed by atoms with van der Waals surface area (Å²) < 4.78 is 1.11. The summed E-state index contributed by atoms with van der Waals surface area (Å²) >= 11 is 0. The van der Waals surface area contributed by atoms with Crippen LogP contribution in [-0.2, 0) is 0 Å². The van der Waals surface area contributed by atoms with Crippen LogP contribution < -0.4 is 16.6 Å². The molecule has 1 fully saturated rings. The quantitative estimate of drug-likeness (QED) is 0.766. The Hall–Kier alpha value is -3.42. The Morgan fingerprint density at radius 3 is 2.46 bits per heavy atom. The Balaban J connectivity index is 1.91. The van der Waals surface area contributed by atoms with Crippen molar-refractivity contribution in [2.75, 3.05) is 18.8 Å². The number of carbonyl (C=O) groups is 3. The molecule has 8 nitrogen and oxygen atoms in total. The van der Waals surface area contributed by atoms with Gasteiger partial charge in [-0.3, -0.25) is 29.1 Å². The van der Waals surface area contributed by atoms with Crippen molar-refractivity contribution < 1.29 is 14.4 Å². The summed E-state index contributed by atoms with van der Waals surface area (Å²) in [5.74, 6) is -1.65. The zero-order chi connectivity index (χ0) is 18.4. The molecule has 26 heavy (non-hydrogen) atoms. The summed E-state index contributed by atoms with van der Waals surface area (Å²) in [6.45, 7) is 1.33. The number of hydrogen-bond donors (Lipinski definition) is 2. The fourth-order valence-electron chi connectivity index (χ4n) is 3.47. The molecule has 2 aliphatic rings. The third-order valence-corrected chi connectivity index (χ3v) is 4.72. The van der Waals surface area contributed by atoms with E-state index in [1.54, 1.807) is 29.2 Å². The highest BCUT2D eigenvalue weighted by Gasteiger charge is 2.32. The van der Waals surface area contributed by atoms with Crippen LogP contribution in [0.2, 0.25) is 0 Å². The van der Waals surface area contributed by atoms with Gasteiger partial charge in [-0.05, 0) is 25.0 Å². The van der Waals surface area contributed by atoms with Gasteiger partial charge in [-0.1, -0.05) is 12.1 Å². The highest BCUT2D eigenvalue weighted by Crippen LogP contribution is 2.25. The van der Waals surface area contributed by atoms with Gasteiger partial charge in [0.2, 0.25) is 0 Å². The number of nitrogens with one attached hydrogen (secondary N) is 1. The van der Waals surface area contributed by atoms with Crippen LogP contribution >= 0.6 is 0 Å². The maximum absolute atomic E-state index is 12.9. The summed E-state index contributed by atoms with van der Waals surface area (Å²) in [5.41, 5.74) is 6.02. The van der Waals surface area contributed by atoms with E-state index in [9.17, 15) is 19.2 Å². The number of nitrogens with zero attached hydrogens (tertiary/aromatic N) is 2. The molecule has 132 valence electrons. The van der Waals surface area contributed by atoms with Gasteiger partial charge in [-0.15, -0.1) is 0 Å². The molecule has 3 amide bonds. The summed E-state index contributed by atoms with van der Waals surface area (Å²) in [6, 6.07) is 7.68. The van der Waals surface area contributed by atoms with Crippen molar-refractivity contribution in [2.45, 2.75) is 12.8 Å². The van der Waals surface area contributed by atoms with Crippen LogP contribution in [0.3, 0.4) is 0 Å². The fraction of sp³-hybridized carbons (Fsp3) is 0.222. The molecular weight excluding hydrogens is 336 g/mol. The van der Waals surface area contributed by atoms with Gasteiger partial charge in [0.25, 0.3) is 23.3 Å². The van der Waals surface area contributed by atoms with E-state index in [2.05, 4.69) is 5.32 Å². The average molecular weight is 352 g/mol. The van der Waals surface area contributed by atoms with Crippen molar-refractivity contribution in [2.24, 2.45) is 0 Å². The van der Waals surface area contributed by atoms with E-state index in [-0.39, 0.29) is 22.9 Å². The summed E-state index contributed by atoms with van der Waals surface area (Å²) in [6.07, 6.45) is 1.88. The number of rotatable bonds is 2. The molecule has 3 N–H and O–H groups in total. The van der Waals surface area contributed by atoms with Gasteiger partial charge in [0.15, 0.2) is 0 Å². The second kappa shape index (κ2) is 5.83. The van der Waals surface area contributed by atoms with Crippen molar-refractivity contribution in [3.05, 3.63) is 57.4 Å². The molecule has 3 heterocycles. The zero-order valence-electron chi connectivity index (χ0n) is 13.8. The van der Waals surface area contributed by atoms with Gasteiger partial charge >= 0.3 is 0 Å². The predicted molar refractivity (Wildman–Crippen MR) is 93.4 cm³/mol. The van der Waals surface area contributed by atoms with Crippen molar-refractivity contribution in [3.63, 3.8) is 0 Å². The number of pyridine rings is 1. The molecule has 8 heteroatoms. The predicted octanol–water partition coefficient (Wildman–Crippen LogP) is 0.539. The number of benzene rings is 1. The molecule has 1 saturated heterocycles. The molecule has 1 aromatic carbocycles. The number of nitrogen functional groups attached to an aromatic ring is 1. The second-order valence-electron chi connectivity index (χ2n) is 6.29. The number of likely N-dealkylation sites (tertiary alicyclic amines) is 1. The summed E-state index contributed by atoms with van der Waals surface area (Å²) in [4.78, 5) is 51.0. The molecule has 0 aliphatic carbocycles. The Morgan fingerprint density at radius 2 is 1.73 bits per heavy atom. The van der Waals surface area contributed by atoms with Crippen LogP contribution in [0.15, 0.2) is 35.1 Å². The van der Waals surface area contributed by atoms with Crippen molar-refractivity contribution in [1.29, 1.82) is 0 Å². The van der Waals surface area contributed by atoms with Crippen LogP contribution in [-0.4, -0.2) is 40.3 Å². The van der Waals surface area contributed by atoms with Gasteiger partial charge in [-0.25, -0.2) is 0 Å². The first-order chi connectivity index (χ1) is 12.5. The Bertz CT molecular complexity index is 1020. The van der Waals surface area contributed by atoms with Crippen LogP contribution in [0.5, 0.6) is 0 Å². The Morgan fingerprint density at radius 1 is 1.04 bits per heavy atom. The molecule has 4 rings (SSSR count). The lowest BCUT2D eigenvalue weighted by Gasteiger charge is -2.19. The molecule has 2 aromatic rings. The lowest BCUT2D eigenvalue weighted by atomic mass is 10.1. The Kier molecular flexibility index (Phi) is 3.61. The molecule has 0 saturated carbocycles. The molecule has 0 bridgehead atoms. The summed E-state index contributed by atoms with van der Waals surface area (Å²) in [5, 5.41) is 2.13. The number of aromatic nitrogens is 1. The van der Waals surface area contributed by atoms with Gasteiger partial charge in [0.05, 0.1) is 22.4 Å². The number of fused-ring (bicyclic) bond motifs is 1. The monoisotopic (exact) mass is 352 g/mol. The number of hydrogen-bond acceptors (Lipinski definition) is 5. The highest BCUT2D eigenvalue weighted by atomic mass is 16.2. The van der Waals surface area contributed by atoms with E-state index >= 15 is 0 Å². The number of imide groups is 1. The molecule has 0 unspecified atom stereocenters. The lowest BCUT2D eigenvalue weighted by molar-refractivity contribution is 0.0791. The van der Waals surface area contributed by atoms with Crippen molar-refractivity contribution in [3.8, 4) is 5.69 Å². The van der Waals surface area contributed by atoms with Gasteiger partial charge in [0.1, 0.15) is 5.82 Å². The van der Waals surface area contributed by atoms with E-state index in [0.29, 0.717) is 24.3 Å². The van der Waals surface area contributed by atoms with Gasteiger partial charge in [-0.2, -0.15) is 0 Å². The first-order valence-corrected chi connectivity index (χ1v) is 8.29. The van der Waals surface area contributed by atoms with E-state index in [1.165, 1.54) is 0 Å². The third kappa shape index (κ3) is 2.30. The number of anilines is 1. The maximum atomic E-state index is 12.9. The first-order valence-electron chi connectivity index (χ1n) is 8.29. The Labute approximate surface area is 148 Å². The first kappa shape index (κ1) is 16.1. The van der Waals surface area contributed by atoms with E-state index < -0.39 is 17.4 Å². The molecule has 1 aromatic heterocycles. The fourth-order valence-corrected chi connectivity index (χ4v) is 3.47. The van der Waals surface area contributed by atoms with Crippen LogP contribution in [0, 0.1) is 0 Å². The van der Waals surface area contributed by atoms with Crippen LogP contribution in [0.1, 0.15) is 43.9 Å². The minimum atomic E-state index is -0.653. The second-order valence-corrected chi connectivity index (χ2v) is 6.29. The number of para-hydroxylation sites is 1. The SMILES string of the molecule is Nc1c2c(cc(=O)n1-c1ccccc1C(=O)N1CCCC1)C(=O)NC2=O. The highest BCUT2D eigenvalue weighted by molar-refractivity contribution is 6.23. The zero-order valence-corrected chi connectivity index (χ0v) is 13.8. The largest absolute Gasteiger partial charge is 0.384 e. The number of nitrogens with two attached hydrogens (primary N) is 1. The van der Waals surface area contributed by atoms with Gasteiger partial charge < -0.3 is 10.6 Å². The smallest absolute Gasteiger partial charge is 0.262 e. The molecule has 0 atom stereocenters. The minimum absolute atomic E-state index is 0.0435. The maximum Gasteiger partial charge on any atom is 0.262 e. The third-order valence-electron chi connectivity index (χ3n) is 4.72. The number of carbonyl (C=O) groups excluding carboxylic acids is 3. The van der Waals surface area contributed by atoms with Crippen molar-refractivity contribution >= 4 is 23.5 Å². The lowest BCUT2D eigenvalue weighted by Crippen LogP contribution is -2.31. The standard InChI is InChI=1S/C18H16N4O4/c19-15-14-11(16(24)20-17(14)25)9-13(23)22(15)12-6-2-1-5-10(12)18(26)21-7-3-4-8-21/h1-2,5-6,9H,3-4,7-8,19H2,(H,20,24,25). The van der Waals surface area contributed by atoms with Crippen molar-refractivity contribution in [1.82, 2.24) is 14.8 Å².